The summed E-state index contributed by atoms with van der Waals surface area (Å²) in [5, 5.41) is 2.90. The average molecular weight is 236 g/mol. The summed E-state index contributed by atoms with van der Waals surface area (Å²) in [5.74, 6) is -0.730. The number of amides is 1. The number of carbonyl (C=O) groups is 1. The summed E-state index contributed by atoms with van der Waals surface area (Å²) in [7, 11) is 0. The van der Waals surface area contributed by atoms with Gasteiger partial charge in [-0.2, -0.15) is 4.39 Å². The van der Waals surface area contributed by atoms with Gasteiger partial charge in [-0.1, -0.05) is 13.3 Å². The van der Waals surface area contributed by atoms with Gasteiger partial charge in [-0.25, -0.2) is 4.98 Å². The third kappa shape index (κ3) is 3.02. The second-order valence-corrected chi connectivity index (χ2v) is 4.80. The maximum Gasteiger partial charge on any atom is 0.252 e. The van der Waals surface area contributed by atoms with Crippen molar-refractivity contribution >= 4 is 5.91 Å². The van der Waals surface area contributed by atoms with E-state index in [0.717, 1.165) is 19.4 Å². The van der Waals surface area contributed by atoms with Gasteiger partial charge in [0.1, 0.15) is 0 Å². The molecule has 0 aliphatic heterocycles. The van der Waals surface area contributed by atoms with Gasteiger partial charge >= 0.3 is 0 Å². The van der Waals surface area contributed by atoms with E-state index in [4.69, 9.17) is 0 Å². The molecule has 1 heterocycles. The van der Waals surface area contributed by atoms with E-state index in [2.05, 4.69) is 17.2 Å². The lowest BCUT2D eigenvalue weighted by atomic mass is 10.0. The van der Waals surface area contributed by atoms with E-state index >= 15 is 0 Å². The quantitative estimate of drug-likeness (QED) is 0.798. The predicted octanol–water partition coefficient (Wildman–Crippen LogP) is 2.53. The molecule has 92 valence electrons. The molecule has 0 saturated heterocycles. The van der Waals surface area contributed by atoms with Gasteiger partial charge in [0.05, 0.1) is 5.56 Å². The van der Waals surface area contributed by atoms with Crippen molar-refractivity contribution in [3.63, 3.8) is 0 Å². The van der Waals surface area contributed by atoms with Crippen molar-refractivity contribution < 1.29 is 9.18 Å². The van der Waals surface area contributed by atoms with Gasteiger partial charge in [0, 0.05) is 12.7 Å². The number of hydrogen-bond acceptors (Lipinski definition) is 2. The zero-order chi connectivity index (χ0) is 12.3. The highest BCUT2D eigenvalue weighted by atomic mass is 19.1. The molecule has 1 aromatic rings. The zero-order valence-electron chi connectivity index (χ0n) is 10.0. The Bertz CT molecular complexity index is 398. The molecule has 0 radical (unpaired) electrons. The van der Waals surface area contributed by atoms with E-state index in [-0.39, 0.29) is 5.91 Å². The van der Waals surface area contributed by atoms with E-state index in [0.29, 0.717) is 11.0 Å². The second-order valence-electron chi connectivity index (χ2n) is 4.80. The van der Waals surface area contributed by atoms with Crippen molar-refractivity contribution in [2.24, 2.45) is 5.41 Å². The Morgan fingerprint density at radius 1 is 1.53 bits per heavy atom. The number of aromatic nitrogens is 1. The third-order valence-corrected chi connectivity index (χ3v) is 3.35. The number of rotatable bonds is 5. The summed E-state index contributed by atoms with van der Waals surface area (Å²) in [6.07, 6.45) is 5.97. The lowest BCUT2D eigenvalue weighted by molar-refractivity contribution is 0.0943. The van der Waals surface area contributed by atoms with Crippen LogP contribution in [0, 0.1) is 11.4 Å². The van der Waals surface area contributed by atoms with Crippen LogP contribution in [0.3, 0.4) is 0 Å². The van der Waals surface area contributed by atoms with Gasteiger partial charge in [-0.15, -0.1) is 0 Å². The van der Waals surface area contributed by atoms with Crippen molar-refractivity contribution in [3.05, 3.63) is 29.8 Å². The first-order valence-corrected chi connectivity index (χ1v) is 6.05. The van der Waals surface area contributed by atoms with E-state index in [1.165, 1.54) is 31.2 Å². The van der Waals surface area contributed by atoms with E-state index in [1.807, 2.05) is 0 Å². The summed E-state index contributed by atoms with van der Waals surface area (Å²) in [6.45, 7) is 2.88. The Kier molecular flexibility index (Phi) is 3.41. The molecule has 0 bridgehead atoms. The Morgan fingerprint density at radius 2 is 2.29 bits per heavy atom. The fourth-order valence-electron chi connectivity index (χ4n) is 2.10. The summed E-state index contributed by atoms with van der Waals surface area (Å²) >= 11 is 0. The maximum atomic E-state index is 12.6. The van der Waals surface area contributed by atoms with Crippen LogP contribution in [0.5, 0.6) is 0 Å². The molecule has 17 heavy (non-hydrogen) atoms. The number of nitrogens with zero attached hydrogens (tertiary/aromatic N) is 1. The fraction of sp³-hybridized carbons (Fsp3) is 0.538. The van der Waals surface area contributed by atoms with Crippen LogP contribution in [0.1, 0.15) is 43.0 Å². The zero-order valence-corrected chi connectivity index (χ0v) is 10.0. The molecule has 1 aromatic heterocycles. The third-order valence-electron chi connectivity index (χ3n) is 3.35. The molecule has 1 N–H and O–H groups in total. The second kappa shape index (κ2) is 4.82. The SMILES string of the molecule is CCCC1(CNC(=O)c2ccc(F)nc2)CC1. The molecular formula is C13H17FN2O. The molecule has 0 spiro atoms. The highest BCUT2D eigenvalue weighted by Gasteiger charge is 2.41. The molecule has 2 rings (SSSR count). The van der Waals surface area contributed by atoms with Crippen molar-refractivity contribution in [1.82, 2.24) is 10.3 Å². The summed E-state index contributed by atoms with van der Waals surface area (Å²) in [4.78, 5) is 15.2. The van der Waals surface area contributed by atoms with Gasteiger partial charge in [-0.05, 0) is 36.8 Å². The van der Waals surface area contributed by atoms with Crippen molar-refractivity contribution in [1.29, 1.82) is 0 Å². The van der Waals surface area contributed by atoms with Crippen LogP contribution in [0.4, 0.5) is 4.39 Å². The highest BCUT2D eigenvalue weighted by molar-refractivity contribution is 5.93. The Hall–Kier alpha value is -1.45. The minimum Gasteiger partial charge on any atom is -0.351 e. The van der Waals surface area contributed by atoms with Crippen LogP contribution in [-0.4, -0.2) is 17.4 Å². The largest absolute Gasteiger partial charge is 0.351 e. The van der Waals surface area contributed by atoms with Crippen LogP contribution >= 0.6 is 0 Å². The molecule has 1 aliphatic rings. The number of halogens is 1. The molecular weight excluding hydrogens is 219 g/mol. The molecule has 0 atom stereocenters. The van der Waals surface area contributed by atoms with E-state index in [9.17, 15) is 9.18 Å². The van der Waals surface area contributed by atoms with Crippen molar-refractivity contribution in [3.8, 4) is 0 Å². The monoisotopic (exact) mass is 236 g/mol. The van der Waals surface area contributed by atoms with Crippen LogP contribution in [0.25, 0.3) is 0 Å². The lowest BCUT2D eigenvalue weighted by Gasteiger charge is -2.14. The molecule has 1 fully saturated rings. The van der Waals surface area contributed by atoms with Gasteiger partial charge in [0.15, 0.2) is 0 Å². The average Bonchev–Trinajstić information content (AvgIpc) is 3.08. The number of hydrogen-bond donors (Lipinski definition) is 1. The highest BCUT2D eigenvalue weighted by Crippen LogP contribution is 2.48. The fourth-order valence-corrected chi connectivity index (χ4v) is 2.10. The van der Waals surface area contributed by atoms with Gasteiger partial charge in [-0.3, -0.25) is 4.79 Å². The molecule has 0 aromatic carbocycles. The maximum absolute atomic E-state index is 12.6. The van der Waals surface area contributed by atoms with E-state index in [1.54, 1.807) is 0 Å². The molecule has 1 amide bonds. The molecule has 0 unspecified atom stereocenters. The normalized spacial score (nSPS) is 16.6. The molecule has 1 saturated carbocycles. The standard InChI is InChI=1S/C13H17FN2O/c1-2-5-13(6-7-13)9-16-12(17)10-3-4-11(14)15-8-10/h3-4,8H,2,5-7,9H2,1H3,(H,16,17). The van der Waals surface area contributed by atoms with Crippen LogP contribution in [0.2, 0.25) is 0 Å². The summed E-state index contributed by atoms with van der Waals surface area (Å²) < 4.78 is 12.6. The van der Waals surface area contributed by atoms with Crippen LogP contribution < -0.4 is 5.32 Å². The number of pyridine rings is 1. The molecule has 3 nitrogen and oxygen atoms in total. The van der Waals surface area contributed by atoms with Crippen LogP contribution in [-0.2, 0) is 0 Å². The van der Waals surface area contributed by atoms with Gasteiger partial charge in [0.25, 0.3) is 5.91 Å². The Morgan fingerprint density at radius 3 is 2.82 bits per heavy atom. The summed E-state index contributed by atoms with van der Waals surface area (Å²) in [5.41, 5.74) is 0.747. The first-order chi connectivity index (χ1) is 8.15. The first-order valence-electron chi connectivity index (χ1n) is 6.05. The Balaban J connectivity index is 1.87. The van der Waals surface area contributed by atoms with Gasteiger partial charge in [0.2, 0.25) is 5.95 Å². The smallest absolute Gasteiger partial charge is 0.252 e. The number of carbonyl (C=O) groups excluding carboxylic acids is 1. The lowest BCUT2D eigenvalue weighted by Crippen LogP contribution is -2.30. The molecule has 1 aliphatic carbocycles. The van der Waals surface area contributed by atoms with Crippen molar-refractivity contribution in [2.45, 2.75) is 32.6 Å². The topological polar surface area (TPSA) is 42.0 Å². The number of nitrogens with one attached hydrogen (secondary N) is 1. The minimum atomic E-state index is -0.564. The Labute approximate surface area is 100 Å². The van der Waals surface area contributed by atoms with Crippen LogP contribution in [0.15, 0.2) is 18.3 Å². The summed E-state index contributed by atoms with van der Waals surface area (Å²) in [6, 6.07) is 2.66. The minimum absolute atomic E-state index is 0.167. The molecule has 4 heteroatoms. The first kappa shape index (κ1) is 12.0. The van der Waals surface area contributed by atoms with Crippen molar-refractivity contribution in [2.75, 3.05) is 6.54 Å². The predicted molar refractivity (Wildman–Crippen MR) is 63.1 cm³/mol. The van der Waals surface area contributed by atoms with E-state index < -0.39 is 5.95 Å². The van der Waals surface area contributed by atoms with Gasteiger partial charge < -0.3 is 5.32 Å².